The first kappa shape index (κ1) is 44.5. The third-order valence-electron chi connectivity index (χ3n) is 9.36. The lowest BCUT2D eigenvalue weighted by atomic mass is 9.86. The molecule has 3 amide bonds. The van der Waals surface area contributed by atoms with Crippen molar-refractivity contribution in [2.75, 3.05) is 54.7 Å². The lowest BCUT2D eigenvalue weighted by molar-refractivity contribution is -0.139. The number of pyridine rings is 1. The molecule has 0 aliphatic rings. The second-order valence-corrected chi connectivity index (χ2v) is 16.7. The van der Waals surface area contributed by atoms with Crippen LogP contribution < -0.4 is 45.5 Å². The van der Waals surface area contributed by atoms with Crippen LogP contribution in [0.5, 0.6) is 23.0 Å². The van der Waals surface area contributed by atoms with Crippen molar-refractivity contribution in [2.45, 2.75) is 51.5 Å². The van der Waals surface area contributed by atoms with Gasteiger partial charge in [-0.1, -0.05) is 45.0 Å². The van der Waals surface area contributed by atoms with E-state index in [1.54, 1.807) is 67.8 Å². The summed E-state index contributed by atoms with van der Waals surface area (Å²) in [6, 6.07) is 21.6. The minimum absolute atomic E-state index is 0.158. The predicted molar refractivity (Wildman–Crippen MR) is 234 cm³/mol. The van der Waals surface area contributed by atoms with Gasteiger partial charge in [-0.2, -0.15) is 0 Å². The number of fused-ring (bicyclic) bond motifs is 1. The summed E-state index contributed by atoms with van der Waals surface area (Å²) in [5.41, 5.74) is 2.33. The number of ether oxygens (including phenoxy) is 3. The fourth-order valence-electron chi connectivity index (χ4n) is 6.33. The fraction of sp³-hybridized carbons (Fsp3) is 0.302. The van der Waals surface area contributed by atoms with Gasteiger partial charge in [0.25, 0.3) is 5.91 Å². The van der Waals surface area contributed by atoms with Gasteiger partial charge in [-0.3, -0.25) is 14.3 Å². The Morgan fingerprint density at radius 1 is 0.833 bits per heavy atom. The van der Waals surface area contributed by atoms with Crippen LogP contribution in [-0.4, -0.2) is 76.5 Å². The topological polar surface area (TPSA) is 218 Å². The molecular formula is C43H51N7O9S. The molecule has 0 radical (unpaired) electrons. The van der Waals surface area contributed by atoms with E-state index in [4.69, 9.17) is 14.2 Å². The number of amides is 3. The summed E-state index contributed by atoms with van der Waals surface area (Å²) < 4.78 is 44.2. The van der Waals surface area contributed by atoms with Gasteiger partial charge < -0.3 is 45.9 Å². The molecule has 16 nitrogen and oxygen atoms in total. The Hall–Kier alpha value is -6.59. The molecule has 0 bridgehead atoms. The Kier molecular flexibility index (Phi) is 14.4. The molecule has 0 unspecified atom stereocenters. The van der Waals surface area contributed by atoms with Gasteiger partial charge in [0.2, 0.25) is 10.0 Å². The van der Waals surface area contributed by atoms with Gasteiger partial charge in [-0.05, 0) is 79.8 Å². The van der Waals surface area contributed by atoms with Gasteiger partial charge >= 0.3 is 12.0 Å². The summed E-state index contributed by atoms with van der Waals surface area (Å²) in [6.45, 7) is 6.31. The van der Waals surface area contributed by atoms with Crippen LogP contribution in [0.15, 0.2) is 85.1 Å². The first-order valence-corrected chi connectivity index (χ1v) is 21.0. The number of nitrogens with zero attached hydrogens (tertiary/aromatic N) is 1. The third kappa shape index (κ3) is 11.8. The number of aliphatic carboxylic acids is 1. The van der Waals surface area contributed by atoms with Crippen LogP contribution in [0.4, 0.5) is 33.4 Å². The molecule has 1 atom stereocenters. The first-order valence-electron chi connectivity index (χ1n) is 19.1. The highest BCUT2D eigenvalue weighted by Crippen LogP contribution is 2.40. The summed E-state index contributed by atoms with van der Waals surface area (Å²) in [6.07, 6.45) is 4.34. The maximum absolute atomic E-state index is 13.5. The molecule has 1 aromatic heterocycles. The van der Waals surface area contributed by atoms with E-state index in [0.29, 0.717) is 71.2 Å². The number of nitrogens with one attached hydrogen (secondary N) is 6. The van der Waals surface area contributed by atoms with Crippen molar-refractivity contribution in [2.24, 2.45) is 0 Å². The van der Waals surface area contributed by atoms with E-state index >= 15 is 0 Å². The molecule has 0 saturated heterocycles. The summed E-state index contributed by atoms with van der Waals surface area (Å²) in [4.78, 5) is 42.1. The number of likely N-dealkylation sites (N-methyl/N-ethyl adjacent to an activating group) is 1. The number of benzene rings is 4. The quantitative estimate of drug-likeness (QED) is 0.0423. The number of hydrogen-bond donors (Lipinski definition) is 7. The smallest absolute Gasteiger partial charge is 0.323 e. The molecule has 0 saturated carbocycles. The van der Waals surface area contributed by atoms with Crippen molar-refractivity contribution >= 4 is 67.3 Å². The van der Waals surface area contributed by atoms with E-state index in [0.717, 1.165) is 17.2 Å². The molecule has 5 rings (SSSR count). The van der Waals surface area contributed by atoms with Crippen molar-refractivity contribution < 1.29 is 42.1 Å². The fourth-order valence-corrected chi connectivity index (χ4v) is 6.88. The number of anilines is 5. The second kappa shape index (κ2) is 19.4. The lowest BCUT2D eigenvalue weighted by Gasteiger charge is -2.24. The van der Waals surface area contributed by atoms with Crippen molar-refractivity contribution in [3.63, 3.8) is 0 Å². The largest absolute Gasteiger partial charge is 0.496 e. The number of carbonyl (C=O) groups excluding carboxylic acids is 2. The summed E-state index contributed by atoms with van der Waals surface area (Å²) in [5, 5.41) is 25.2. The van der Waals surface area contributed by atoms with Crippen molar-refractivity contribution in [1.29, 1.82) is 0 Å². The summed E-state index contributed by atoms with van der Waals surface area (Å²) >= 11 is 0. The first-order chi connectivity index (χ1) is 28.5. The number of unbranched alkanes of at least 4 members (excludes halogenated alkanes) is 1. The summed E-state index contributed by atoms with van der Waals surface area (Å²) in [7, 11) is 0.824. The van der Waals surface area contributed by atoms with E-state index in [2.05, 4.69) is 36.3 Å². The molecule has 318 valence electrons. The highest BCUT2D eigenvalue weighted by molar-refractivity contribution is 7.92. The van der Waals surface area contributed by atoms with Gasteiger partial charge in [0.05, 0.1) is 43.1 Å². The third-order valence-corrected chi connectivity index (χ3v) is 9.96. The average molecular weight is 842 g/mol. The van der Waals surface area contributed by atoms with E-state index < -0.39 is 28.1 Å². The van der Waals surface area contributed by atoms with Crippen LogP contribution in [0.2, 0.25) is 0 Å². The molecule has 7 N–H and O–H groups in total. The molecule has 1 heterocycles. The zero-order valence-corrected chi connectivity index (χ0v) is 35.4. The number of hydrogen-bond acceptors (Lipinski definition) is 11. The Balaban J connectivity index is 1.28. The number of carbonyl (C=O) groups is 3. The van der Waals surface area contributed by atoms with Gasteiger partial charge in [0.1, 0.15) is 29.1 Å². The number of aromatic nitrogens is 1. The number of carboxylic acids is 1. The number of carboxylic acid groups (broad SMARTS) is 1. The number of sulfonamides is 1. The van der Waals surface area contributed by atoms with Gasteiger partial charge in [0, 0.05) is 41.3 Å². The predicted octanol–water partition coefficient (Wildman–Crippen LogP) is 7.67. The van der Waals surface area contributed by atoms with Crippen molar-refractivity contribution in [3.05, 3.63) is 96.2 Å². The molecule has 17 heteroatoms. The van der Waals surface area contributed by atoms with Gasteiger partial charge in [-0.25, -0.2) is 18.2 Å². The molecule has 0 fully saturated rings. The SMILES string of the molecule is CN[C@@H](CCCCNC(=O)c1ccc(Nc2cc(Oc3ccc(NC(=O)Nc4cc(C(C)(C)C)cc(NS(C)(=O)=O)c4OC)c4ccccc34)ccn2)cc1OC)C(=O)O. The molecule has 0 aliphatic carbocycles. The maximum atomic E-state index is 13.5. The average Bonchev–Trinajstić information content (AvgIpc) is 3.19. The zero-order valence-electron chi connectivity index (χ0n) is 34.6. The van der Waals surface area contributed by atoms with Crippen LogP contribution in [-0.2, 0) is 20.2 Å². The summed E-state index contributed by atoms with van der Waals surface area (Å²) in [5.74, 6) is 0.759. The highest BCUT2D eigenvalue weighted by Gasteiger charge is 2.23. The van der Waals surface area contributed by atoms with Crippen LogP contribution in [0.25, 0.3) is 10.8 Å². The standard InChI is InChI=1S/C43H51N7O9S/c1-43(2,3)26-22-34(39(58-6)35(23-26)50-60(7,55)56)49-42(54)48-32-17-18-36(30-13-9-8-12-29(30)32)59-28-19-21-45-38(25-28)47-27-15-16-31(37(24-27)57-5)40(51)46-20-11-10-14-33(44-4)41(52)53/h8-9,12-13,15-19,21-25,33,44,50H,10-11,14,20H2,1-7H3,(H,45,47)(H,46,51)(H,52,53)(H2,48,49,54)/t33-/m0/s1. The van der Waals surface area contributed by atoms with E-state index in [1.807, 2.05) is 45.0 Å². The Bertz CT molecular complexity index is 2470. The lowest BCUT2D eigenvalue weighted by Crippen LogP contribution is -2.33. The highest BCUT2D eigenvalue weighted by atomic mass is 32.2. The molecular weight excluding hydrogens is 791 g/mol. The minimum atomic E-state index is -3.65. The van der Waals surface area contributed by atoms with E-state index in [-0.39, 0.29) is 28.4 Å². The van der Waals surface area contributed by atoms with E-state index in [1.165, 1.54) is 14.2 Å². The molecule has 60 heavy (non-hydrogen) atoms. The van der Waals surface area contributed by atoms with Crippen LogP contribution in [0, 0.1) is 0 Å². The van der Waals surface area contributed by atoms with Crippen LogP contribution in [0.1, 0.15) is 56.0 Å². The number of methoxy groups -OCH3 is 2. The van der Waals surface area contributed by atoms with Crippen LogP contribution >= 0.6 is 0 Å². The van der Waals surface area contributed by atoms with Gasteiger partial charge in [-0.15, -0.1) is 0 Å². The minimum Gasteiger partial charge on any atom is -0.496 e. The second-order valence-electron chi connectivity index (χ2n) is 14.9. The Morgan fingerprint density at radius 3 is 2.22 bits per heavy atom. The van der Waals surface area contributed by atoms with Crippen molar-refractivity contribution in [1.82, 2.24) is 15.6 Å². The monoisotopic (exact) mass is 841 g/mol. The Morgan fingerprint density at radius 2 is 1.55 bits per heavy atom. The van der Waals surface area contributed by atoms with Crippen LogP contribution in [0.3, 0.4) is 0 Å². The maximum Gasteiger partial charge on any atom is 0.323 e. The molecule has 5 aromatic rings. The molecule has 0 aliphatic heterocycles. The van der Waals surface area contributed by atoms with Gasteiger partial charge in [0.15, 0.2) is 5.75 Å². The van der Waals surface area contributed by atoms with Crippen molar-refractivity contribution in [3.8, 4) is 23.0 Å². The normalized spacial score (nSPS) is 11.9. The molecule has 0 spiro atoms. The zero-order chi connectivity index (χ0) is 43.6. The Labute approximate surface area is 349 Å². The van der Waals surface area contributed by atoms with E-state index in [9.17, 15) is 27.9 Å². The number of rotatable bonds is 18. The number of urea groups is 1. The molecule has 4 aromatic carbocycles.